The summed E-state index contributed by atoms with van der Waals surface area (Å²) in [4.78, 5) is 29.5. The van der Waals surface area contributed by atoms with E-state index in [2.05, 4.69) is 10.3 Å². The lowest BCUT2D eigenvalue weighted by Gasteiger charge is -2.24. The molecule has 0 radical (unpaired) electrons. The number of carbonyl (C=O) groups is 1. The van der Waals surface area contributed by atoms with Crippen LogP contribution in [-0.2, 0) is 9.53 Å². The van der Waals surface area contributed by atoms with Gasteiger partial charge in [0, 0.05) is 0 Å². The van der Waals surface area contributed by atoms with Crippen LogP contribution >= 0.6 is 0 Å². The second-order valence-corrected chi connectivity index (χ2v) is 7.30. The first kappa shape index (κ1) is 18.6. The van der Waals surface area contributed by atoms with E-state index in [0.717, 1.165) is 5.56 Å². The van der Waals surface area contributed by atoms with Gasteiger partial charge in [-0.3, -0.25) is 0 Å². The molecule has 3 rings (SSSR count). The molecule has 6 nitrogen and oxygen atoms in total. The molecule has 0 aliphatic carbocycles. The van der Waals surface area contributed by atoms with Crippen LogP contribution < -0.4 is 10.9 Å². The smallest absolute Gasteiger partial charge is 0.348 e. The van der Waals surface area contributed by atoms with Crippen LogP contribution in [0.1, 0.15) is 37.9 Å². The van der Waals surface area contributed by atoms with Crippen LogP contribution in [0.25, 0.3) is 10.9 Å². The number of anilines is 1. The molecule has 27 heavy (non-hydrogen) atoms. The molecule has 140 valence electrons. The average Bonchev–Trinajstić information content (AvgIpc) is 2.58. The zero-order chi connectivity index (χ0) is 19.6. The number of ether oxygens (including phenoxy) is 1. The van der Waals surface area contributed by atoms with E-state index in [-0.39, 0.29) is 6.01 Å². The van der Waals surface area contributed by atoms with Crippen LogP contribution in [0.5, 0.6) is 0 Å². The summed E-state index contributed by atoms with van der Waals surface area (Å²) >= 11 is 0. The largest absolute Gasteiger partial charge is 0.458 e. The van der Waals surface area contributed by atoms with E-state index in [1.54, 1.807) is 39.0 Å². The Morgan fingerprint density at radius 2 is 1.81 bits per heavy atom. The Morgan fingerprint density at radius 1 is 1.11 bits per heavy atom. The molecular weight excluding hydrogens is 344 g/mol. The summed E-state index contributed by atoms with van der Waals surface area (Å²) in [6.45, 7) is 7.21. The number of nitrogens with zero attached hydrogens (tertiary/aromatic N) is 1. The summed E-state index contributed by atoms with van der Waals surface area (Å²) in [5, 5.41) is 3.35. The van der Waals surface area contributed by atoms with Crippen LogP contribution in [0.2, 0.25) is 0 Å². The Morgan fingerprint density at radius 3 is 2.48 bits per heavy atom. The van der Waals surface area contributed by atoms with Crippen LogP contribution in [-0.4, -0.2) is 16.6 Å². The Kier molecular flexibility index (Phi) is 4.99. The number of hydrogen-bond donors (Lipinski definition) is 1. The third-order valence-electron chi connectivity index (χ3n) is 3.91. The van der Waals surface area contributed by atoms with Crippen molar-refractivity contribution >= 4 is 22.9 Å². The van der Waals surface area contributed by atoms with E-state index in [0.29, 0.717) is 16.5 Å². The quantitative estimate of drug-likeness (QED) is 0.703. The van der Waals surface area contributed by atoms with Gasteiger partial charge in [0.25, 0.3) is 6.01 Å². The van der Waals surface area contributed by atoms with Gasteiger partial charge in [-0.2, -0.15) is 4.98 Å². The maximum absolute atomic E-state index is 12.7. The summed E-state index contributed by atoms with van der Waals surface area (Å²) in [7, 11) is 0. The first-order chi connectivity index (χ1) is 12.7. The molecule has 1 aromatic heterocycles. The van der Waals surface area contributed by atoms with Crippen molar-refractivity contribution < 1.29 is 13.9 Å². The number of aromatic nitrogens is 1. The molecule has 1 heterocycles. The fourth-order valence-corrected chi connectivity index (χ4v) is 2.75. The lowest BCUT2D eigenvalue weighted by molar-refractivity contribution is -0.156. The molecule has 1 atom stereocenters. The Labute approximate surface area is 157 Å². The summed E-state index contributed by atoms with van der Waals surface area (Å²) in [6.07, 6.45) is 0. The summed E-state index contributed by atoms with van der Waals surface area (Å²) < 4.78 is 10.8. The molecule has 3 aromatic rings. The minimum atomic E-state index is -0.858. The monoisotopic (exact) mass is 366 g/mol. The first-order valence-electron chi connectivity index (χ1n) is 8.69. The topological polar surface area (TPSA) is 81.4 Å². The number of benzene rings is 2. The fraction of sp³-hybridized carbons (Fsp3) is 0.286. The van der Waals surface area contributed by atoms with E-state index in [4.69, 9.17) is 9.15 Å². The van der Waals surface area contributed by atoms with Gasteiger partial charge in [0.2, 0.25) is 0 Å². The number of rotatable bonds is 4. The van der Waals surface area contributed by atoms with E-state index in [1.165, 1.54) is 0 Å². The Hall–Kier alpha value is -3.15. The molecule has 2 aromatic carbocycles. The second kappa shape index (κ2) is 7.23. The number of carbonyl (C=O) groups excluding carboxylic acids is 1. The second-order valence-electron chi connectivity index (χ2n) is 7.30. The Balaban J connectivity index is 2.01. The normalized spacial score (nSPS) is 12.6. The SMILES string of the molecule is Cc1cccc2nc(N[C@H](C(=O)OC(C)(C)C)c3ccccc3)oc(=O)c12. The molecule has 1 N–H and O–H groups in total. The van der Waals surface area contributed by atoms with Crippen molar-refractivity contribution in [2.75, 3.05) is 5.32 Å². The van der Waals surface area contributed by atoms with E-state index < -0.39 is 23.2 Å². The van der Waals surface area contributed by atoms with Crippen LogP contribution in [0.4, 0.5) is 6.01 Å². The van der Waals surface area contributed by atoms with Crippen molar-refractivity contribution in [1.82, 2.24) is 4.98 Å². The number of aryl methyl sites for hydroxylation is 1. The molecule has 0 aliphatic heterocycles. The van der Waals surface area contributed by atoms with Gasteiger partial charge >= 0.3 is 11.6 Å². The average molecular weight is 366 g/mol. The fourth-order valence-electron chi connectivity index (χ4n) is 2.75. The zero-order valence-corrected chi connectivity index (χ0v) is 15.8. The van der Waals surface area contributed by atoms with Crippen molar-refractivity contribution in [3.63, 3.8) is 0 Å². The van der Waals surface area contributed by atoms with Gasteiger partial charge < -0.3 is 14.5 Å². The van der Waals surface area contributed by atoms with Gasteiger partial charge in [0.05, 0.1) is 10.9 Å². The van der Waals surface area contributed by atoms with E-state index >= 15 is 0 Å². The van der Waals surface area contributed by atoms with Crippen molar-refractivity contribution in [3.05, 3.63) is 70.1 Å². The van der Waals surface area contributed by atoms with Gasteiger partial charge in [-0.15, -0.1) is 0 Å². The van der Waals surface area contributed by atoms with Crippen molar-refractivity contribution in [1.29, 1.82) is 0 Å². The minimum Gasteiger partial charge on any atom is -0.458 e. The molecule has 0 bridgehead atoms. The summed E-state index contributed by atoms with van der Waals surface area (Å²) in [6, 6.07) is 13.6. The predicted octanol–water partition coefficient (Wildman–Crippen LogP) is 3.99. The molecule has 0 amide bonds. The predicted molar refractivity (Wildman–Crippen MR) is 104 cm³/mol. The van der Waals surface area contributed by atoms with Crippen LogP contribution in [0, 0.1) is 6.92 Å². The van der Waals surface area contributed by atoms with Crippen LogP contribution in [0.15, 0.2) is 57.7 Å². The molecule has 0 spiro atoms. The molecule has 0 fully saturated rings. The van der Waals surface area contributed by atoms with Gasteiger partial charge in [-0.25, -0.2) is 9.59 Å². The molecule has 0 unspecified atom stereocenters. The highest BCUT2D eigenvalue weighted by molar-refractivity contribution is 5.83. The lowest BCUT2D eigenvalue weighted by atomic mass is 10.1. The highest BCUT2D eigenvalue weighted by Crippen LogP contribution is 2.23. The van der Waals surface area contributed by atoms with E-state index in [9.17, 15) is 9.59 Å². The van der Waals surface area contributed by atoms with Crippen molar-refractivity contribution in [2.24, 2.45) is 0 Å². The van der Waals surface area contributed by atoms with Gasteiger partial charge in [0.1, 0.15) is 5.60 Å². The Bertz CT molecular complexity index is 1020. The van der Waals surface area contributed by atoms with Gasteiger partial charge in [0.15, 0.2) is 6.04 Å². The third-order valence-corrected chi connectivity index (χ3v) is 3.91. The summed E-state index contributed by atoms with van der Waals surface area (Å²) in [5.41, 5.74) is 0.814. The van der Waals surface area contributed by atoms with Crippen molar-refractivity contribution in [3.8, 4) is 0 Å². The maximum Gasteiger partial charge on any atom is 0.348 e. The van der Waals surface area contributed by atoms with Crippen LogP contribution in [0.3, 0.4) is 0 Å². The molecule has 6 heteroatoms. The molecular formula is C21H22N2O4. The van der Waals surface area contributed by atoms with E-state index in [1.807, 2.05) is 37.3 Å². The molecule has 0 aliphatic rings. The molecule has 0 saturated heterocycles. The summed E-state index contributed by atoms with van der Waals surface area (Å²) in [5.74, 6) is -0.484. The molecule has 0 saturated carbocycles. The van der Waals surface area contributed by atoms with Crippen molar-refractivity contribution in [2.45, 2.75) is 39.3 Å². The maximum atomic E-state index is 12.7. The number of nitrogens with one attached hydrogen (secondary N) is 1. The highest BCUT2D eigenvalue weighted by Gasteiger charge is 2.28. The van der Waals surface area contributed by atoms with Gasteiger partial charge in [-0.1, -0.05) is 42.5 Å². The third kappa shape index (κ3) is 4.34. The first-order valence-corrected chi connectivity index (χ1v) is 8.69. The lowest BCUT2D eigenvalue weighted by Crippen LogP contribution is -2.31. The standard InChI is InChI=1S/C21H22N2O4/c1-13-9-8-12-15-16(13)18(24)26-20(22-15)23-17(14-10-6-5-7-11-14)19(25)27-21(2,3)4/h5-12,17H,1-4H3,(H,22,23)/t17-/m0/s1. The zero-order valence-electron chi connectivity index (χ0n) is 15.8. The minimum absolute atomic E-state index is 0.0298. The van der Waals surface area contributed by atoms with Gasteiger partial charge in [-0.05, 0) is 44.9 Å². The number of hydrogen-bond acceptors (Lipinski definition) is 6. The number of esters is 1. The number of fused-ring (bicyclic) bond motifs is 1. The highest BCUT2D eigenvalue weighted by atomic mass is 16.6.